The quantitative estimate of drug-likeness (QED) is 0.414. The average Bonchev–Trinajstić information content (AvgIpc) is 3.42. The van der Waals surface area contributed by atoms with E-state index >= 15 is 0 Å². The summed E-state index contributed by atoms with van der Waals surface area (Å²) in [6.45, 7) is 3.07. The van der Waals surface area contributed by atoms with Crippen molar-refractivity contribution >= 4 is 21.6 Å². The molecule has 1 saturated heterocycles. The Hall–Kier alpha value is -2.39. The zero-order chi connectivity index (χ0) is 23.5. The van der Waals surface area contributed by atoms with Crippen LogP contribution in [-0.2, 0) is 22.9 Å². The van der Waals surface area contributed by atoms with E-state index in [-0.39, 0.29) is 4.90 Å². The molecule has 0 saturated carbocycles. The summed E-state index contributed by atoms with van der Waals surface area (Å²) in [7, 11) is -3.53. The fraction of sp³-hybridized carbons (Fsp3) is 0.400. The minimum Gasteiger partial charge on any atom is -0.494 e. The van der Waals surface area contributed by atoms with Crippen molar-refractivity contribution in [2.24, 2.45) is 0 Å². The van der Waals surface area contributed by atoms with Crippen LogP contribution < -0.4 is 9.46 Å². The summed E-state index contributed by atoms with van der Waals surface area (Å²) in [5, 5.41) is 6.97. The number of hydrogen-bond donors (Lipinski definition) is 2. The molecule has 0 bridgehead atoms. The molecule has 9 heteroatoms. The molecule has 34 heavy (non-hydrogen) atoms. The number of rotatable bonds is 10. The summed E-state index contributed by atoms with van der Waals surface area (Å²) >= 11 is 6.26. The van der Waals surface area contributed by atoms with E-state index in [4.69, 9.17) is 16.3 Å². The minimum atomic E-state index is -3.53. The molecular formula is C25H29ClN4O3S. The molecule has 180 valence electrons. The lowest BCUT2D eigenvalue weighted by Crippen LogP contribution is -2.47. The number of aromatic nitrogens is 2. The zero-order valence-electron chi connectivity index (χ0n) is 18.9. The molecule has 1 aliphatic carbocycles. The van der Waals surface area contributed by atoms with E-state index in [0.29, 0.717) is 31.5 Å². The number of fused-ring (bicyclic) bond motifs is 1. The summed E-state index contributed by atoms with van der Waals surface area (Å²) in [6, 6.07) is 15.1. The van der Waals surface area contributed by atoms with Gasteiger partial charge >= 0.3 is 0 Å². The molecule has 1 aliphatic heterocycles. The number of aromatic amines is 1. The van der Waals surface area contributed by atoms with E-state index in [2.05, 4.69) is 44.1 Å². The van der Waals surface area contributed by atoms with Crippen LogP contribution in [0.4, 0.5) is 0 Å². The number of nitrogens with zero attached hydrogens (tertiary/aromatic N) is 2. The van der Waals surface area contributed by atoms with E-state index in [0.717, 1.165) is 23.6 Å². The summed E-state index contributed by atoms with van der Waals surface area (Å²) in [5.74, 6) is 1.23. The molecule has 5 rings (SSSR count). The fourth-order valence-corrected chi connectivity index (χ4v) is 6.12. The van der Waals surface area contributed by atoms with Crippen LogP contribution in [-0.4, -0.2) is 55.8 Å². The first-order valence-corrected chi connectivity index (χ1v) is 13.6. The smallest absolute Gasteiger partial charge is 0.243 e. The Morgan fingerprint density at radius 1 is 1.21 bits per heavy atom. The Morgan fingerprint density at radius 3 is 2.82 bits per heavy atom. The van der Waals surface area contributed by atoms with Crippen molar-refractivity contribution in [1.82, 2.24) is 19.8 Å². The van der Waals surface area contributed by atoms with Crippen LogP contribution in [0.25, 0.3) is 0 Å². The maximum atomic E-state index is 12.2. The van der Waals surface area contributed by atoms with Crippen LogP contribution in [0.2, 0.25) is 5.02 Å². The van der Waals surface area contributed by atoms with Crippen molar-refractivity contribution in [1.29, 1.82) is 0 Å². The third-order valence-electron chi connectivity index (χ3n) is 6.78. The largest absolute Gasteiger partial charge is 0.494 e. The number of hydrogen-bond acceptors (Lipinski definition) is 5. The number of benzene rings is 2. The van der Waals surface area contributed by atoms with Crippen molar-refractivity contribution in [3.63, 3.8) is 0 Å². The molecule has 2 N–H and O–H groups in total. The Kier molecular flexibility index (Phi) is 6.92. The second-order valence-corrected chi connectivity index (χ2v) is 11.2. The predicted molar refractivity (Wildman–Crippen MR) is 132 cm³/mol. The summed E-state index contributed by atoms with van der Waals surface area (Å²) in [6.07, 6.45) is 6.50. The highest BCUT2D eigenvalue weighted by Gasteiger charge is 2.38. The van der Waals surface area contributed by atoms with Gasteiger partial charge in [-0.1, -0.05) is 29.8 Å². The SMILES string of the molecule is O=S(=O)(NCCCOc1ccc2c(c1)C(Cc1cccc(Cl)c1)C(N1CCC1)C2)c1cn[nH]c1. The number of ether oxygens (including phenoxy) is 1. The molecule has 2 aromatic carbocycles. The topological polar surface area (TPSA) is 87.3 Å². The van der Waals surface area contributed by atoms with Crippen molar-refractivity contribution in [2.45, 2.75) is 42.5 Å². The van der Waals surface area contributed by atoms with E-state index in [1.165, 1.54) is 48.6 Å². The lowest BCUT2D eigenvalue weighted by atomic mass is 9.89. The lowest BCUT2D eigenvalue weighted by molar-refractivity contribution is 0.106. The molecule has 0 radical (unpaired) electrons. The van der Waals surface area contributed by atoms with Gasteiger partial charge in [0.05, 0.1) is 12.8 Å². The summed E-state index contributed by atoms with van der Waals surface area (Å²) in [5.41, 5.74) is 4.01. The minimum absolute atomic E-state index is 0.134. The average molecular weight is 501 g/mol. The van der Waals surface area contributed by atoms with Gasteiger partial charge in [0.1, 0.15) is 10.6 Å². The first-order valence-electron chi connectivity index (χ1n) is 11.7. The van der Waals surface area contributed by atoms with E-state index < -0.39 is 10.0 Å². The molecule has 1 aromatic heterocycles. The molecule has 1 fully saturated rings. The van der Waals surface area contributed by atoms with Crippen molar-refractivity contribution < 1.29 is 13.2 Å². The normalized spacial score (nSPS) is 20.1. The monoisotopic (exact) mass is 500 g/mol. The molecular weight excluding hydrogens is 472 g/mol. The molecule has 2 aliphatic rings. The fourth-order valence-electron chi connectivity index (χ4n) is 4.93. The first kappa shape index (κ1) is 23.4. The van der Waals surface area contributed by atoms with E-state index in [9.17, 15) is 8.42 Å². The van der Waals surface area contributed by atoms with Crippen molar-refractivity contribution in [3.05, 3.63) is 76.6 Å². The van der Waals surface area contributed by atoms with Gasteiger partial charge in [0.15, 0.2) is 0 Å². The van der Waals surface area contributed by atoms with Crippen LogP contribution in [0, 0.1) is 0 Å². The van der Waals surface area contributed by atoms with Crippen molar-refractivity contribution in [2.75, 3.05) is 26.2 Å². The van der Waals surface area contributed by atoms with Gasteiger partial charge in [-0.3, -0.25) is 10.00 Å². The summed E-state index contributed by atoms with van der Waals surface area (Å²) < 4.78 is 32.9. The highest BCUT2D eigenvalue weighted by Crippen LogP contribution is 2.41. The Labute approximate surface area is 205 Å². The van der Waals surface area contributed by atoms with E-state index in [1.54, 1.807) is 0 Å². The number of nitrogens with one attached hydrogen (secondary N) is 2. The van der Waals surface area contributed by atoms with Gasteiger partial charge in [-0.05, 0) is 79.7 Å². The molecule has 2 unspecified atom stereocenters. The standard InChI is InChI=1S/C25H29ClN4O3S/c26-20-5-1-4-18(12-20)13-24-23-15-21(7-6-19(23)14-25(24)30-9-3-10-30)33-11-2-8-29-34(31,32)22-16-27-28-17-22/h1,4-7,12,15-17,24-25,29H,2-3,8-11,13-14H2,(H,27,28). The highest BCUT2D eigenvalue weighted by molar-refractivity contribution is 7.89. The Balaban J connectivity index is 1.22. The zero-order valence-corrected chi connectivity index (χ0v) is 20.5. The van der Waals surface area contributed by atoms with Crippen LogP contribution >= 0.6 is 11.6 Å². The van der Waals surface area contributed by atoms with Gasteiger partial charge in [0.25, 0.3) is 0 Å². The third kappa shape index (κ3) is 5.15. The van der Waals surface area contributed by atoms with Gasteiger partial charge in [0.2, 0.25) is 10.0 Å². The Bertz CT molecular complexity index is 1230. The first-order chi connectivity index (χ1) is 16.5. The predicted octanol–water partition coefficient (Wildman–Crippen LogP) is 3.77. The molecule has 2 atom stereocenters. The maximum Gasteiger partial charge on any atom is 0.243 e. The maximum absolute atomic E-state index is 12.2. The van der Waals surface area contributed by atoms with Crippen molar-refractivity contribution in [3.8, 4) is 5.75 Å². The lowest BCUT2D eigenvalue weighted by Gasteiger charge is -2.39. The van der Waals surface area contributed by atoms with Gasteiger partial charge < -0.3 is 4.74 Å². The Morgan fingerprint density at radius 2 is 2.09 bits per heavy atom. The van der Waals surface area contributed by atoms with Crippen LogP contribution in [0.15, 0.2) is 59.8 Å². The van der Waals surface area contributed by atoms with Gasteiger partial charge in [-0.15, -0.1) is 0 Å². The van der Waals surface area contributed by atoms with Gasteiger partial charge in [-0.2, -0.15) is 5.10 Å². The van der Waals surface area contributed by atoms with E-state index in [1.807, 2.05) is 18.2 Å². The summed E-state index contributed by atoms with van der Waals surface area (Å²) in [4.78, 5) is 2.73. The number of likely N-dealkylation sites (tertiary alicyclic amines) is 1. The number of halogens is 1. The number of sulfonamides is 1. The molecule has 7 nitrogen and oxygen atoms in total. The van der Waals surface area contributed by atoms with Crippen LogP contribution in [0.3, 0.4) is 0 Å². The highest BCUT2D eigenvalue weighted by atomic mass is 35.5. The van der Waals surface area contributed by atoms with Gasteiger partial charge in [0, 0.05) is 29.7 Å². The molecule has 0 spiro atoms. The second kappa shape index (κ2) is 10.1. The third-order valence-corrected chi connectivity index (χ3v) is 8.44. The second-order valence-electron chi connectivity index (χ2n) is 9.00. The number of H-pyrrole nitrogens is 1. The molecule has 0 amide bonds. The molecule has 2 heterocycles. The van der Waals surface area contributed by atoms with Crippen LogP contribution in [0.5, 0.6) is 5.75 Å². The van der Waals surface area contributed by atoms with Crippen LogP contribution in [0.1, 0.15) is 35.4 Å². The molecule has 3 aromatic rings. The van der Waals surface area contributed by atoms with Gasteiger partial charge in [-0.25, -0.2) is 13.1 Å².